The van der Waals surface area contributed by atoms with Crippen molar-refractivity contribution in [2.24, 2.45) is 0 Å². The van der Waals surface area contributed by atoms with Crippen molar-refractivity contribution in [1.29, 1.82) is 0 Å². The zero-order chi connectivity index (χ0) is 32.7. The molecule has 0 aliphatic heterocycles. The van der Waals surface area contributed by atoms with Gasteiger partial charge >= 0.3 is 0 Å². The van der Waals surface area contributed by atoms with Crippen LogP contribution in [0.4, 0.5) is 28.4 Å². The Kier molecular flexibility index (Phi) is 7.87. The molecule has 230 valence electrons. The van der Waals surface area contributed by atoms with Gasteiger partial charge in [-0.15, -0.1) is 0 Å². The molecule has 0 aliphatic rings. The molecular formula is C45H40N2. The maximum absolute atomic E-state index is 4.12. The average molecular weight is 609 g/mol. The molecule has 0 aliphatic carbocycles. The summed E-state index contributed by atoms with van der Waals surface area (Å²) >= 11 is 0. The molecular weight excluding hydrogens is 569 g/mol. The van der Waals surface area contributed by atoms with Crippen LogP contribution in [-0.2, 0) is 0 Å². The number of anilines is 5. The lowest BCUT2D eigenvalue weighted by molar-refractivity contribution is 1.20. The van der Waals surface area contributed by atoms with E-state index < -0.39 is 0 Å². The van der Waals surface area contributed by atoms with Crippen LogP contribution in [0.25, 0.3) is 32.3 Å². The Labute approximate surface area is 278 Å². The summed E-state index contributed by atoms with van der Waals surface area (Å²) in [6.45, 7) is 14.7. The van der Waals surface area contributed by atoms with Crippen LogP contribution in [0, 0.1) is 20.8 Å². The van der Waals surface area contributed by atoms with Gasteiger partial charge in [0, 0.05) is 33.5 Å². The molecule has 7 rings (SSSR count). The fourth-order valence-electron chi connectivity index (χ4n) is 6.62. The Bertz CT molecular complexity index is 2240. The lowest BCUT2D eigenvalue weighted by Crippen LogP contribution is -2.15. The van der Waals surface area contributed by atoms with Gasteiger partial charge < -0.3 is 9.80 Å². The number of allylic oxidation sites excluding steroid dienone is 4. The van der Waals surface area contributed by atoms with Gasteiger partial charge in [-0.3, -0.25) is 0 Å². The molecule has 0 heterocycles. The van der Waals surface area contributed by atoms with E-state index in [0.29, 0.717) is 0 Å². The van der Waals surface area contributed by atoms with E-state index >= 15 is 0 Å². The van der Waals surface area contributed by atoms with Gasteiger partial charge in [0.1, 0.15) is 0 Å². The van der Waals surface area contributed by atoms with E-state index in [1.54, 1.807) is 0 Å². The van der Waals surface area contributed by atoms with Crippen LogP contribution >= 0.6 is 0 Å². The van der Waals surface area contributed by atoms with E-state index in [1.807, 2.05) is 6.92 Å². The Morgan fingerprint density at radius 3 is 1.40 bits per heavy atom. The van der Waals surface area contributed by atoms with Gasteiger partial charge in [0.2, 0.25) is 0 Å². The average Bonchev–Trinajstić information content (AvgIpc) is 3.08. The van der Waals surface area contributed by atoms with Crippen LogP contribution in [0.2, 0.25) is 0 Å². The van der Waals surface area contributed by atoms with E-state index in [2.05, 4.69) is 184 Å². The molecule has 7 aromatic rings. The molecule has 0 amide bonds. The van der Waals surface area contributed by atoms with Crippen molar-refractivity contribution in [2.45, 2.75) is 34.6 Å². The summed E-state index contributed by atoms with van der Waals surface area (Å²) in [5.74, 6) is 0. The third-order valence-corrected chi connectivity index (χ3v) is 9.07. The highest BCUT2D eigenvalue weighted by Gasteiger charge is 2.21. The van der Waals surface area contributed by atoms with Crippen molar-refractivity contribution in [3.8, 4) is 0 Å². The van der Waals surface area contributed by atoms with Gasteiger partial charge in [0.25, 0.3) is 0 Å². The van der Waals surface area contributed by atoms with Crippen molar-refractivity contribution < 1.29 is 0 Å². The van der Waals surface area contributed by atoms with E-state index in [0.717, 1.165) is 34.0 Å². The Morgan fingerprint density at radius 2 is 0.936 bits per heavy atom. The fourth-order valence-corrected chi connectivity index (χ4v) is 6.62. The van der Waals surface area contributed by atoms with Gasteiger partial charge in [0.15, 0.2) is 0 Å². The zero-order valence-electron chi connectivity index (χ0n) is 27.9. The molecule has 2 heteroatoms. The second kappa shape index (κ2) is 12.3. The van der Waals surface area contributed by atoms with E-state index in [9.17, 15) is 0 Å². The van der Waals surface area contributed by atoms with Crippen LogP contribution in [0.15, 0.2) is 157 Å². The smallest absolute Gasteiger partial charge is 0.0540 e. The predicted molar refractivity (Wildman–Crippen MR) is 205 cm³/mol. The van der Waals surface area contributed by atoms with Gasteiger partial charge in [0.05, 0.1) is 11.4 Å². The second-order valence-corrected chi connectivity index (χ2v) is 12.7. The normalized spacial score (nSPS) is 12.1. The first-order valence-corrected chi connectivity index (χ1v) is 16.3. The van der Waals surface area contributed by atoms with E-state index in [-0.39, 0.29) is 0 Å². The molecule has 0 aromatic heterocycles. The molecule has 2 nitrogen and oxygen atoms in total. The third kappa shape index (κ3) is 5.57. The van der Waals surface area contributed by atoms with Gasteiger partial charge in [-0.05, 0) is 111 Å². The Morgan fingerprint density at radius 1 is 0.511 bits per heavy atom. The minimum Gasteiger partial charge on any atom is -0.310 e. The molecule has 7 aromatic carbocycles. The third-order valence-electron chi connectivity index (χ3n) is 9.07. The maximum Gasteiger partial charge on any atom is 0.0540 e. The summed E-state index contributed by atoms with van der Waals surface area (Å²) in [6, 6.07) is 44.7. The minimum absolute atomic E-state index is 1.02. The molecule has 0 spiro atoms. The summed E-state index contributed by atoms with van der Waals surface area (Å²) < 4.78 is 0. The Balaban J connectivity index is 1.50. The van der Waals surface area contributed by atoms with Crippen LogP contribution in [0.3, 0.4) is 0 Å². The maximum atomic E-state index is 4.12. The van der Waals surface area contributed by atoms with Crippen LogP contribution in [0.5, 0.6) is 0 Å². The highest BCUT2D eigenvalue weighted by molar-refractivity contribution is 6.28. The quantitative estimate of drug-likeness (QED) is 0.125. The number of nitrogens with zero attached hydrogens (tertiary/aromatic N) is 2. The summed E-state index contributed by atoms with van der Waals surface area (Å²) in [7, 11) is 0. The monoisotopic (exact) mass is 608 g/mol. The molecule has 47 heavy (non-hydrogen) atoms. The molecule has 0 atom stereocenters. The van der Waals surface area contributed by atoms with Crippen LogP contribution in [-0.4, -0.2) is 0 Å². The highest BCUT2D eigenvalue weighted by Crippen LogP contribution is 2.46. The van der Waals surface area contributed by atoms with Gasteiger partial charge in [-0.2, -0.15) is 0 Å². The lowest BCUT2D eigenvalue weighted by atomic mass is 9.91. The number of hydrogen-bond donors (Lipinski definition) is 0. The first-order chi connectivity index (χ1) is 22.8. The number of rotatable bonds is 8. The summed E-state index contributed by atoms with van der Waals surface area (Å²) in [5, 5.41) is 7.49. The lowest BCUT2D eigenvalue weighted by Gasteiger charge is -2.30. The topological polar surface area (TPSA) is 6.48 Å². The van der Waals surface area contributed by atoms with Gasteiger partial charge in [-0.1, -0.05) is 114 Å². The summed E-state index contributed by atoms with van der Waals surface area (Å²) in [5.41, 5.74) is 11.6. The SMILES string of the molecule is C=C(C)/C=C\C(=C/C)N(c1ccc(C)cc1)c1ccc2ccc3c(N(c4ccc(C)cc4)c4ccc(C)cc4)ccc4ccc1c2c43. The van der Waals surface area contributed by atoms with Gasteiger partial charge in [-0.25, -0.2) is 0 Å². The largest absolute Gasteiger partial charge is 0.310 e. The molecule has 0 fully saturated rings. The Hall–Kier alpha value is -5.60. The predicted octanol–water partition coefficient (Wildman–Crippen LogP) is 13.2. The molecule has 0 unspecified atom stereocenters. The standard InChI is InChI=1S/C45H40N2/c1-7-36(19-8-30(2)3)46(37-20-9-31(4)10-21-37)42-28-17-34-16-27-41-43(29-18-35-15-26-40(42)44(34)45(35)41)47(38-22-11-32(5)12-23-38)39-24-13-33(6)14-25-39/h7-29H,2H2,1,3-6H3/b19-8-,36-7+. The van der Waals surface area contributed by atoms with Crippen molar-refractivity contribution in [3.05, 3.63) is 174 Å². The van der Waals surface area contributed by atoms with E-state index in [4.69, 9.17) is 0 Å². The van der Waals surface area contributed by atoms with Crippen molar-refractivity contribution in [1.82, 2.24) is 0 Å². The molecule has 0 bridgehead atoms. The van der Waals surface area contributed by atoms with Crippen LogP contribution < -0.4 is 9.80 Å². The van der Waals surface area contributed by atoms with Crippen molar-refractivity contribution >= 4 is 60.8 Å². The van der Waals surface area contributed by atoms with Crippen molar-refractivity contribution in [2.75, 3.05) is 9.80 Å². The molecule has 0 radical (unpaired) electrons. The van der Waals surface area contributed by atoms with Crippen molar-refractivity contribution in [3.63, 3.8) is 0 Å². The fraction of sp³-hybridized carbons (Fsp3) is 0.111. The van der Waals surface area contributed by atoms with E-state index in [1.165, 1.54) is 54.7 Å². The minimum atomic E-state index is 1.02. The summed E-state index contributed by atoms with van der Waals surface area (Å²) in [6.07, 6.45) is 6.43. The molecule has 0 saturated carbocycles. The number of aryl methyl sites for hydroxylation is 3. The second-order valence-electron chi connectivity index (χ2n) is 12.7. The molecule has 0 saturated heterocycles. The number of benzene rings is 7. The first-order valence-electron chi connectivity index (χ1n) is 16.3. The highest BCUT2D eigenvalue weighted by atomic mass is 15.2. The number of hydrogen-bond acceptors (Lipinski definition) is 2. The first kappa shape index (κ1) is 30.1. The van der Waals surface area contributed by atoms with Crippen LogP contribution in [0.1, 0.15) is 30.5 Å². The molecule has 0 N–H and O–H groups in total. The summed E-state index contributed by atoms with van der Waals surface area (Å²) in [4.78, 5) is 4.77. The zero-order valence-corrected chi connectivity index (χ0v) is 27.9.